The lowest BCUT2D eigenvalue weighted by Gasteiger charge is -2.37. The predicted octanol–water partition coefficient (Wildman–Crippen LogP) is 2.26. The van der Waals surface area contributed by atoms with Crippen LogP contribution in [0, 0.1) is 11.6 Å². The summed E-state index contributed by atoms with van der Waals surface area (Å²) in [6, 6.07) is 2.71. The Morgan fingerprint density at radius 2 is 2.21 bits per heavy atom. The number of carbonyl (C=O) groups is 1. The molecule has 2 rings (SSSR count). The van der Waals surface area contributed by atoms with Crippen LogP contribution in [0.1, 0.15) is 24.2 Å². The normalized spacial score (nSPS) is 22.2. The second kappa shape index (κ2) is 5.75. The lowest BCUT2D eigenvalue weighted by molar-refractivity contribution is -0.0144. The molecule has 104 valence electrons. The molecule has 1 aromatic rings. The molecule has 0 amide bonds. The second-order valence-electron chi connectivity index (χ2n) is 4.83. The Hall–Kier alpha value is -1.33. The van der Waals surface area contributed by atoms with Gasteiger partial charge in [-0.05, 0) is 26.0 Å². The summed E-state index contributed by atoms with van der Waals surface area (Å²) in [6.45, 7) is 5.46. The summed E-state index contributed by atoms with van der Waals surface area (Å²) in [5.41, 5.74) is -0.0624. The number of rotatable bonds is 3. The van der Waals surface area contributed by atoms with Crippen LogP contribution in [0.5, 0.6) is 0 Å². The lowest BCUT2D eigenvalue weighted by atomic mass is 10.0. The first kappa shape index (κ1) is 14.1. The lowest BCUT2D eigenvalue weighted by Crippen LogP contribution is -2.51. The molecule has 5 heteroatoms. The Morgan fingerprint density at radius 3 is 2.84 bits per heavy atom. The third-order valence-electron chi connectivity index (χ3n) is 3.49. The minimum atomic E-state index is -0.808. The summed E-state index contributed by atoms with van der Waals surface area (Å²) in [5.74, 6) is -1.81. The average molecular weight is 269 g/mol. The fraction of sp³-hybridized carbons (Fsp3) is 0.500. The molecule has 0 aliphatic carbocycles. The van der Waals surface area contributed by atoms with Gasteiger partial charge < -0.3 is 4.74 Å². The minimum absolute atomic E-state index is 0.0624. The van der Waals surface area contributed by atoms with Crippen molar-refractivity contribution in [1.29, 1.82) is 0 Å². The van der Waals surface area contributed by atoms with Crippen LogP contribution in [-0.2, 0) is 4.74 Å². The van der Waals surface area contributed by atoms with Gasteiger partial charge in [0.15, 0.2) is 5.78 Å². The van der Waals surface area contributed by atoms with E-state index >= 15 is 0 Å². The van der Waals surface area contributed by atoms with Crippen molar-refractivity contribution in [1.82, 2.24) is 4.90 Å². The Kier molecular flexibility index (Phi) is 4.27. The van der Waals surface area contributed by atoms with Gasteiger partial charge in [0.25, 0.3) is 0 Å². The highest BCUT2D eigenvalue weighted by molar-refractivity contribution is 6.00. The molecule has 0 N–H and O–H groups in total. The standard InChI is InChI=1S/C14H17F2NO2/c1-9-8-19-6-5-17(9)10(2)14(18)12-4-3-11(15)7-13(12)16/h3-4,7,9-10H,5-6,8H2,1-2H3. The van der Waals surface area contributed by atoms with Gasteiger partial charge in [0.05, 0.1) is 24.8 Å². The van der Waals surface area contributed by atoms with Gasteiger partial charge in [0, 0.05) is 18.7 Å². The Balaban J connectivity index is 2.18. The SMILES string of the molecule is CC1COCCN1C(C)C(=O)c1ccc(F)cc1F. The molecule has 0 saturated carbocycles. The summed E-state index contributed by atoms with van der Waals surface area (Å²) in [4.78, 5) is 14.3. The van der Waals surface area contributed by atoms with Crippen molar-refractivity contribution < 1.29 is 18.3 Å². The van der Waals surface area contributed by atoms with Gasteiger partial charge >= 0.3 is 0 Å². The van der Waals surface area contributed by atoms with Crippen LogP contribution in [0.2, 0.25) is 0 Å². The molecule has 1 fully saturated rings. The van der Waals surface area contributed by atoms with Crippen molar-refractivity contribution in [3.05, 3.63) is 35.4 Å². The topological polar surface area (TPSA) is 29.5 Å². The number of nitrogens with zero attached hydrogens (tertiary/aromatic N) is 1. The fourth-order valence-corrected chi connectivity index (χ4v) is 2.38. The highest BCUT2D eigenvalue weighted by Crippen LogP contribution is 2.17. The summed E-state index contributed by atoms with van der Waals surface area (Å²) in [5, 5.41) is 0. The third-order valence-corrected chi connectivity index (χ3v) is 3.49. The van der Waals surface area contributed by atoms with E-state index in [0.29, 0.717) is 19.8 Å². The number of halogens is 2. The van der Waals surface area contributed by atoms with Crippen molar-refractivity contribution in [3.63, 3.8) is 0 Å². The minimum Gasteiger partial charge on any atom is -0.379 e. The fourth-order valence-electron chi connectivity index (χ4n) is 2.38. The number of carbonyl (C=O) groups excluding carboxylic acids is 1. The number of ether oxygens (including phenoxy) is 1. The van der Waals surface area contributed by atoms with E-state index in [4.69, 9.17) is 4.74 Å². The Morgan fingerprint density at radius 1 is 1.47 bits per heavy atom. The molecule has 2 unspecified atom stereocenters. The van der Waals surface area contributed by atoms with Crippen LogP contribution in [-0.4, -0.2) is 42.5 Å². The van der Waals surface area contributed by atoms with Gasteiger partial charge in [-0.3, -0.25) is 9.69 Å². The van der Waals surface area contributed by atoms with Gasteiger partial charge in [-0.25, -0.2) is 8.78 Å². The van der Waals surface area contributed by atoms with Crippen LogP contribution in [0.4, 0.5) is 8.78 Å². The van der Waals surface area contributed by atoms with Crippen LogP contribution in [0.15, 0.2) is 18.2 Å². The zero-order valence-corrected chi connectivity index (χ0v) is 11.0. The largest absolute Gasteiger partial charge is 0.379 e. The number of ketones is 1. The van der Waals surface area contributed by atoms with E-state index in [9.17, 15) is 13.6 Å². The van der Waals surface area contributed by atoms with Crippen LogP contribution < -0.4 is 0 Å². The summed E-state index contributed by atoms with van der Waals surface area (Å²) >= 11 is 0. The van der Waals surface area contributed by atoms with Gasteiger partial charge in [0.2, 0.25) is 0 Å². The zero-order valence-electron chi connectivity index (χ0n) is 11.0. The van der Waals surface area contributed by atoms with Gasteiger partial charge in [-0.15, -0.1) is 0 Å². The first-order valence-corrected chi connectivity index (χ1v) is 6.33. The molecule has 1 aliphatic rings. The zero-order chi connectivity index (χ0) is 14.0. The van der Waals surface area contributed by atoms with E-state index in [0.717, 1.165) is 12.1 Å². The van der Waals surface area contributed by atoms with Crippen molar-refractivity contribution in [2.24, 2.45) is 0 Å². The molecule has 19 heavy (non-hydrogen) atoms. The van der Waals surface area contributed by atoms with Crippen molar-refractivity contribution in [2.75, 3.05) is 19.8 Å². The Bertz CT molecular complexity index is 479. The summed E-state index contributed by atoms with van der Waals surface area (Å²) in [6.07, 6.45) is 0. The molecular weight excluding hydrogens is 252 g/mol. The maximum atomic E-state index is 13.6. The van der Waals surface area contributed by atoms with E-state index in [2.05, 4.69) is 0 Å². The van der Waals surface area contributed by atoms with E-state index in [1.54, 1.807) is 6.92 Å². The van der Waals surface area contributed by atoms with E-state index in [1.807, 2.05) is 11.8 Å². The quantitative estimate of drug-likeness (QED) is 0.788. The molecule has 1 aromatic carbocycles. The van der Waals surface area contributed by atoms with Crippen molar-refractivity contribution in [3.8, 4) is 0 Å². The van der Waals surface area contributed by atoms with Crippen LogP contribution in [0.3, 0.4) is 0 Å². The molecule has 0 aromatic heterocycles. The number of benzene rings is 1. The maximum absolute atomic E-state index is 13.6. The first-order chi connectivity index (χ1) is 9.00. The number of hydrogen-bond donors (Lipinski definition) is 0. The molecule has 3 nitrogen and oxygen atoms in total. The van der Waals surface area contributed by atoms with Crippen LogP contribution in [0.25, 0.3) is 0 Å². The van der Waals surface area contributed by atoms with Gasteiger partial charge in [-0.1, -0.05) is 0 Å². The average Bonchev–Trinajstić information content (AvgIpc) is 2.38. The number of Topliss-reactive ketones (excluding diaryl/α,β-unsaturated/α-hetero) is 1. The van der Waals surface area contributed by atoms with E-state index < -0.39 is 17.7 Å². The number of morpholine rings is 1. The molecule has 1 heterocycles. The van der Waals surface area contributed by atoms with Crippen molar-refractivity contribution in [2.45, 2.75) is 25.9 Å². The van der Waals surface area contributed by atoms with Crippen LogP contribution >= 0.6 is 0 Å². The summed E-state index contributed by atoms with van der Waals surface area (Å²) < 4.78 is 31.8. The molecule has 2 atom stereocenters. The highest BCUT2D eigenvalue weighted by atomic mass is 19.1. The van der Waals surface area contributed by atoms with E-state index in [-0.39, 0.29) is 17.4 Å². The molecule has 0 radical (unpaired) electrons. The monoisotopic (exact) mass is 269 g/mol. The summed E-state index contributed by atoms with van der Waals surface area (Å²) in [7, 11) is 0. The molecular formula is C14H17F2NO2. The van der Waals surface area contributed by atoms with E-state index in [1.165, 1.54) is 6.07 Å². The Labute approximate surface area is 111 Å². The second-order valence-corrected chi connectivity index (χ2v) is 4.83. The van der Waals surface area contributed by atoms with Gasteiger partial charge in [0.1, 0.15) is 11.6 Å². The highest BCUT2D eigenvalue weighted by Gasteiger charge is 2.29. The first-order valence-electron chi connectivity index (χ1n) is 6.33. The molecule has 1 aliphatic heterocycles. The number of hydrogen-bond acceptors (Lipinski definition) is 3. The molecule has 0 spiro atoms. The van der Waals surface area contributed by atoms with Gasteiger partial charge in [-0.2, -0.15) is 0 Å². The predicted molar refractivity (Wildman–Crippen MR) is 67.1 cm³/mol. The molecule has 0 bridgehead atoms. The molecule has 1 saturated heterocycles. The van der Waals surface area contributed by atoms with Crippen molar-refractivity contribution >= 4 is 5.78 Å². The third kappa shape index (κ3) is 2.98. The smallest absolute Gasteiger partial charge is 0.182 e. The maximum Gasteiger partial charge on any atom is 0.182 e.